The summed E-state index contributed by atoms with van der Waals surface area (Å²) in [6.45, 7) is 13.9. The van der Waals surface area contributed by atoms with E-state index in [4.69, 9.17) is 4.74 Å². The van der Waals surface area contributed by atoms with Crippen LogP contribution in [0, 0.1) is 31.6 Å². The van der Waals surface area contributed by atoms with Crippen molar-refractivity contribution in [2.45, 2.75) is 68.5 Å². The minimum absolute atomic E-state index is 0.0126. The molecule has 2 aromatic rings. The molecule has 5 rings (SSSR count). The van der Waals surface area contributed by atoms with Crippen LogP contribution in [0.4, 0.5) is 5.69 Å². The van der Waals surface area contributed by atoms with Crippen molar-refractivity contribution in [3.05, 3.63) is 90.5 Å². The second-order valence-corrected chi connectivity index (χ2v) is 13.9. The summed E-state index contributed by atoms with van der Waals surface area (Å²) >= 11 is 1.61. The van der Waals surface area contributed by atoms with Crippen molar-refractivity contribution in [2.24, 2.45) is 17.8 Å². The van der Waals surface area contributed by atoms with Gasteiger partial charge in [-0.25, -0.2) is 0 Å². The highest BCUT2D eigenvalue weighted by molar-refractivity contribution is 8.02. The number of likely N-dealkylation sites (tertiary alicyclic amines) is 1. The zero-order valence-electron chi connectivity index (χ0n) is 26.0. The number of aliphatic hydroxyl groups is 1. The Kier molecular flexibility index (Phi) is 9.71. The van der Waals surface area contributed by atoms with Crippen molar-refractivity contribution >= 4 is 35.2 Å². The molecule has 3 heterocycles. The maximum Gasteiger partial charge on any atom is 0.310 e. The zero-order valence-corrected chi connectivity index (χ0v) is 26.8. The highest BCUT2D eigenvalue weighted by Gasteiger charge is 2.77. The van der Waals surface area contributed by atoms with E-state index in [9.17, 15) is 14.7 Å². The third-order valence-electron chi connectivity index (χ3n) is 9.66. The molecule has 3 aliphatic rings. The number of amides is 2. The number of carbonyl (C=O) groups is 3. The van der Waals surface area contributed by atoms with Crippen molar-refractivity contribution in [1.29, 1.82) is 0 Å². The van der Waals surface area contributed by atoms with Crippen LogP contribution in [-0.4, -0.2) is 63.6 Å². The molecule has 1 N–H and O–H groups in total. The molecule has 234 valence electrons. The summed E-state index contributed by atoms with van der Waals surface area (Å²) in [7, 11) is 0. The predicted octanol–water partition coefficient (Wildman–Crippen LogP) is 5.79. The van der Waals surface area contributed by atoms with Crippen LogP contribution in [0.15, 0.2) is 73.8 Å². The van der Waals surface area contributed by atoms with E-state index < -0.39 is 28.7 Å². The third kappa shape index (κ3) is 5.40. The van der Waals surface area contributed by atoms with E-state index in [2.05, 4.69) is 20.1 Å². The number of hydrogen-bond acceptors (Lipinski definition) is 6. The Labute approximate surface area is 265 Å². The number of fused-ring (bicyclic) bond motifs is 1. The number of rotatable bonds is 13. The smallest absolute Gasteiger partial charge is 0.310 e. The molecule has 0 radical (unpaired) electrons. The summed E-state index contributed by atoms with van der Waals surface area (Å²) in [4.78, 5) is 46.9. The number of aryl methyl sites for hydroxylation is 2. The molecule has 2 aromatic carbocycles. The van der Waals surface area contributed by atoms with Crippen LogP contribution in [0.1, 0.15) is 55.3 Å². The first-order chi connectivity index (χ1) is 21.2. The topological polar surface area (TPSA) is 87.1 Å². The maximum absolute atomic E-state index is 15.1. The lowest BCUT2D eigenvalue weighted by Crippen LogP contribution is -2.58. The lowest BCUT2D eigenvalue weighted by Gasteiger charge is -2.42. The van der Waals surface area contributed by atoms with E-state index in [1.54, 1.807) is 27.6 Å². The van der Waals surface area contributed by atoms with Crippen molar-refractivity contribution in [3.8, 4) is 0 Å². The summed E-state index contributed by atoms with van der Waals surface area (Å²) in [5.74, 6) is -2.23. The summed E-state index contributed by atoms with van der Waals surface area (Å²) in [5, 5.41) is 10.7. The molecule has 3 unspecified atom stereocenters. The fourth-order valence-electron chi connectivity index (χ4n) is 7.63. The first-order valence-corrected chi connectivity index (χ1v) is 16.5. The molecule has 0 aliphatic carbocycles. The molecule has 0 saturated carbocycles. The van der Waals surface area contributed by atoms with Gasteiger partial charge in [0.05, 0.1) is 35.8 Å². The lowest BCUT2D eigenvalue weighted by atomic mass is 9.66. The number of benzene rings is 2. The van der Waals surface area contributed by atoms with Crippen molar-refractivity contribution < 1.29 is 24.2 Å². The van der Waals surface area contributed by atoms with Gasteiger partial charge in [0.25, 0.3) is 5.91 Å². The Morgan fingerprint density at radius 2 is 1.91 bits per heavy atom. The second kappa shape index (κ2) is 13.3. The normalized spacial score (nSPS) is 27.6. The lowest BCUT2D eigenvalue weighted by molar-refractivity contribution is -0.155. The predicted molar refractivity (Wildman–Crippen MR) is 175 cm³/mol. The standard InChI is InChI=1S/C36H44N2O5S/c1-6-8-9-13-19-43-35(42)30-29-21-25(5)36(44-29)31(30)33(40)38(28(22-39)26-14-11-10-12-15-26)32(36)34(41)37(18-7-2)27-20-23(3)16-17-24(27)4/h6-7,10-12,14-17,20,25,28-32,39H,1-2,8-9,13,18-19,21-22H2,3-5H3/t25?,28-,29-,30+,31+,32?,36?/m1/s1. The van der Waals surface area contributed by atoms with E-state index in [1.165, 1.54) is 0 Å². The van der Waals surface area contributed by atoms with Gasteiger partial charge in [0.15, 0.2) is 0 Å². The van der Waals surface area contributed by atoms with Crippen LogP contribution < -0.4 is 4.90 Å². The average Bonchev–Trinajstić information content (AvgIpc) is 3.61. The van der Waals surface area contributed by atoms with Crippen LogP contribution in [0.2, 0.25) is 0 Å². The number of nitrogens with zero attached hydrogens (tertiary/aromatic N) is 2. The van der Waals surface area contributed by atoms with E-state index in [0.717, 1.165) is 41.6 Å². The first kappa shape index (κ1) is 32.0. The summed E-state index contributed by atoms with van der Waals surface area (Å²) < 4.78 is 4.94. The van der Waals surface area contributed by atoms with E-state index in [0.29, 0.717) is 13.0 Å². The van der Waals surface area contributed by atoms with Crippen molar-refractivity contribution in [1.82, 2.24) is 4.90 Å². The Morgan fingerprint density at radius 1 is 1.16 bits per heavy atom. The van der Waals surface area contributed by atoms with Crippen molar-refractivity contribution in [2.75, 3.05) is 24.7 Å². The highest BCUT2D eigenvalue weighted by atomic mass is 32.2. The molecule has 7 nitrogen and oxygen atoms in total. The minimum atomic E-state index is -0.896. The van der Waals surface area contributed by atoms with Gasteiger partial charge in [-0.05, 0) is 68.2 Å². The van der Waals surface area contributed by atoms with E-state index in [-0.39, 0.29) is 42.1 Å². The van der Waals surface area contributed by atoms with Gasteiger partial charge in [0.2, 0.25) is 5.91 Å². The van der Waals surface area contributed by atoms with Gasteiger partial charge in [0.1, 0.15) is 6.04 Å². The number of esters is 1. The molecule has 3 aliphatic heterocycles. The SMILES string of the molecule is C=CCCCCOC(=O)[C@@H]1[C@H]2C(=O)N([C@H](CO)c3ccccc3)C(C(=O)N(CC=C)c3cc(C)ccc3C)C23S[C@@H]1CC3C. The van der Waals surface area contributed by atoms with Crippen molar-refractivity contribution in [3.63, 3.8) is 0 Å². The molecule has 7 atom stereocenters. The molecule has 3 fully saturated rings. The molecule has 2 amide bonds. The molecular weight excluding hydrogens is 572 g/mol. The van der Waals surface area contributed by atoms with Gasteiger partial charge in [-0.3, -0.25) is 14.4 Å². The largest absolute Gasteiger partial charge is 0.465 e. The number of carbonyl (C=O) groups excluding carboxylic acids is 3. The quantitative estimate of drug-likeness (QED) is 0.174. The van der Waals surface area contributed by atoms with Crippen LogP contribution in [-0.2, 0) is 19.1 Å². The third-order valence-corrected chi connectivity index (χ3v) is 11.7. The monoisotopic (exact) mass is 616 g/mol. The van der Waals surface area contributed by atoms with Gasteiger partial charge in [-0.2, -0.15) is 0 Å². The van der Waals surface area contributed by atoms with Crippen LogP contribution >= 0.6 is 11.8 Å². The first-order valence-electron chi connectivity index (χ1n) is 15.6. The zero-order chi connectivity index (χ0) is 31.6. The Bertz CT molecular complexity index is 1410. The average molecular weight is 617 g/mol. The molecule has 44 heavy (non-hydrogen) atoms. The molecule has 0 aromatic heterocycles. The number of unbranched alkanes of at least 4 members (excludes halogenated alkanes) is 2. The summed E-state index contributed by atoms with van der Waals surface area (Å²) in [5.41, 5.74) is 3.46. The van der Waals surface area contributed by atoms with E-state index in [1.807, 2.05) is 68.5 Å². The molecule has 8 heteroatoms. The number of thioether (sulfide) groups is 1. The van der Waals surface area contributed by atoms with Gasteiger partial charge in [-0.15, -0.1) is 24.9 Å². The molecule has 1 spiro atoms. The Morgan fingerprint density at radius 3 is 2.59 bits per heavy atom. The molecular formula is C36H44N2O5S. The van der Waals surface area contributed by atoms with Crippen LogP contribution in [0.25, 0.3) is 0 Å². The number of aliphatic hydroxyl groups excluding tert-OH is 1. The molecule has 3 saturated heterocycles. The van der Waals surface area contributed by atoms with Gasteiger partial charge >= 0.3 is 5.97 Å². The number of hydrogen-bond donors (Lipinski definition) is 1. The fourth-order valence-corrected chi connectivity index (χ4v) is 10.0. The van der Waals surface area contributed by atoms with Gasteiger partial charge in [-0.1, -0.05) is 61.5 Å². The Hall–Kier alpha value is -3.36. The van der Waals surface area contributed by atoms with Crippen LogP contribution in [0.3, 0.4) is 0 Å². The second-order valence-electron chi connectivity index (χ2n) is 12.4. The highest BCUT2D eigenvalue weighted by Crippen LogP contribution is 2.69. The number of ether oxygens (including phenoxy) is 1. The summed E-state index contributed by atoms with van der Waals surface area (Å²) in [6.07, 6.45) is 6.71. The number of allylic oxidation sites excluding steroid dienone is 1. The Balaban J connectivity index is 1.60. The minimum Gasteiger partial charge on any atom is -0.465 e. The van der Waals surface area contributed by atoms with Gasteiger partial charge in [0, 0.05) is 17.5 Å². The summed E-state index contributed by atoms with van der Waals surface area (Å²) in [6, 6.07) is 13.7. The van der Waals surface area contributed by atoms with E-state index >= 15 is 4.79 Å². The van der Waals surface area contributed by atoms with Crippen LogP contribution in [0.5, 0.6) is 0 Å². The maximum atomic E-state index is 15.1. The fraction of sp³-hybridized carbons (Fsp3) is 0.472. The number of anilines is 1. The molecule has 2 bridgehead atoms. The van der Waals surface area contributed by atoms with Gasteiger partial charge < -0.3 is 19.6 Å².